The zero-order valence-electron chi connectivity index (χ0n) is 10.8. The van der Waals surface area contributed by atoms with Crippen LogP contribution in [0.3, 0.4) is 0 Å². The number of para-hydroxylation sites is 1. The van der Waals surface area contributed by atoms with Crippen molar-refractivity contribution in [3.8, 4) is 0 Å². The number of nitrogens with one attached hydrogen (secondary N) is 1. The van der Waals surface area contributed by atoms with Gasteiger partial charge in [-0.05, 0) is 18.2 Å². The van der Waals surface area contributed by atoms with Gasteiger partial charge in [-0.15, -0.1) is 0 Å². The number of halogens is 1. The summed E-state index contributed by atoms with van der Waals surface area (Å²) in [6, 6.07) is 16.6. The molecule has 1 atom stereocenters. The number of anilines is 1. The fraction of sp³-hybridized carbons (Fsp3) is 0.133. The molecule has 0 bridgehead atoms. The fourth-order valence-electron chi connectivity index (χ4n) is 1.74. The van der Waals surface area contributed by atoms with E-state index in [1.54, 1.807) is 12.1 Å². The number of nitrogens with zero attached hydrogens (tertiary/aromatic N) is 1. The van der Waals surface area contributed by atoms with Crippen LogP contribution in [0.2, 0.25) is 5.02 Å². The van der Waals surface area contributed by atoms with E-state index in [1.165, 1.54) is 0 Å². The minimum Gasteiger partial charge on any atom is -0.386 e. The van der Waals surface area contributed by atoms with Gasteiger partial charge in [-0.2, -0.15) is 0 Å². The van der Waals surface area contributed by atoms with Crippen molar-refractivity contribution in [3.63, 3.8) is 0 Å². The summed E-state index contributed by atoms with van der Waals surface area (Å²) in [5.74, 6) is 0.252. The van der Waals surface area contributed by atoms with Gasteiger partial charge in [-0.3, -0.25) is 4.99 Å². The number of nitrogens with two attached hydrogens (primary N) is 1. The lowest BCUT2D eigenvalue weighted by Crippen LogP contribution is -2.23. The molecule has 0 saturated carbocycles. The van der Waals surface area contributed by atoms with Crippen LogP contribution in [-0.2, 0) is 0 Å². The van der Waals surface area contributed by atoms with Crippen molar-refractivity contribution in [1.82, 2.24) is 0 Å². The molecule has 4 N–H and O–H groups in total. The Morgan fingerprint density at radius 1 is 1.15 bits per heavy atom. The molecule has 0 aliphatic heterocycles. The zero-order chi connectivity index (χ0) is 14.4. The van der Waals surface area contributed by atoms with Gasteiger partial charge in [-0.1, -0.05) is 48.0 Å². The minimum atomic E-state index is -0.778. The summed E-state index contributed by atoms with van der Waals surface area (Å²) in [7, 11) is 0. The van der Waals surface area contributed by atoms with E-state index < -0.39 is 6.10 Å². The van der Waals surface area contributed by atoms with Crippen molar-refractivity contribution < 1.29 is 5.11 Å². The van der Waals surface area contributed by atoms with Crippen LogP contribution in [0.4, 0.5) is 5.69 Å². The molecule has 20 heavy (non-hydrogen) atoms. The second kappa shape index (κ2) is 6.93. The molecule has 0 aromatic heterocycles. The van der Waals surface area contributed by atoms with Gasteiger partial charge < -0.3 is 16.2 Å². The van der Waals surface area contributed by atoms with Crippen molar-refractivity contribution >= 4 is 23.2 Å². The molecule has 2 aromatic carbocycles. The van der Waals surface area contributed by atoms with Gasteiger partial charge >= 0.3 is 0 Å². The van der Waals surface area contributed by atoms with Crippen LogP contribution >= 0.6 is 11.6 Å². The summed E-state index contributed by atoms with van der Waals surface area (Å²) in [6.07, 6.45) is -0.778. The van der Waals surface area contributed by atoms with Gasteiger partial charge in [0.05, 0.1) is 6.54 Å². The molecule has 0 heterocycles. The molecule has 0 spiro atoms. The topological polar surface area (TPSA) is 70.6 Å². The largest absolute Gasteiger partial charge is 0.386 e. The SMILES string of the molecule is NC(=NCC(O)c1ccccc1Cl)Nc1ccccc1. The van der Waals surface area contributed by atoms with E-state index in [0.717, 1.165) is 5.69 Å². The normalized spacial score (nSPS) is 13.0. The number of benzene rings is 2. The third-order valence-corrected chi connectivity index (χ3v) is 3.09. The van der Waals surface area contributed by atoms with E-state index in [4.69, 9.17) is 17.3 Å². The predicted octanol–water partition coefficient (Wildman–Crippen LogP) is 2.80. The van der Waals surface area contributed by atoms with Gasteiger partial charge in [0.25, 0.3) is 0 Å². The highest BCUT2D eigenvalue weighted by atomic mass is 35.5. The molecule has 0 radical (unpaired) electrons. The maximum atomic E-state index is 10.0. The number of aliphatic imine (C=N–C) groups is 1. The minimum absolute atomic E-state index is 0.148. The molecule has 104 valence electrons. The van der Waals surface area contributed by atoms with Crippen LogP contribution < -0.4 is 11.1 Å². The highest BCUT2D eigenvalue weighted by molar-refractivity contribution is 6.31. The van der Waals surface area contributed by atoms with Crippen LogP contribution in [0.5, 0.6) is 0 Å². The Morgan fingerprint density at radius 3 is 2.50 bits per heavy atom. The zero-order valence-corrected chi connectivity index (χ0v) is 11.6. The standard InChI is InChI=1S/C15H16ClN3O/c16-13-9-5-4-8-12(13)14(20)10-18-15(17)19-11-6-2-1-3-7-11/h1-9,14,20H,10H2,(H3,17,18,19). The first-order chi connectivity index (χ1) is 9.66. The second-order valence-electron chi connectivity index (χ2n) is 4.25. The van der Waals surface area contributed by atoms with E-state index in [-0.39, 0.29) is 12.5 Å². The molecule has 0 saturated heterocycles. The first-order valence-electron chi connectivity index (χ1n) is 6.21. The van der Waals surface area contributed by atoms with Crippen LogP contribution in [0, 0.1) is 0 Å². The second-order valence-corrected chi connectivity index (χ2v) is 4.66. The number of hydrogen-bond donors (Lipinski definition) is 3. The van der Waals surface area contributed by atoms with Crippen molar-refractivity contribution in [2.75, 3.05) is 11.9 Å². The summed E-state index contributed by atoms with van der Waals surface area (Å²) < 4.78 is 0. The lowest BCUT2D eigenvalue weighted by atomic mass is 10.1. The Hall–Kier alpha value is -2.04. The maximum Gasteiger partial charge on any atom is 0.193 e. The highest BCUT2D eigenvalue weighted by Crippen LogP contribution is 2.22. The summed E-state index contributed by atoms with van der Waals surface area (Å²) in [4.78, 5) is 4.11. The monoisotopic (exact) mass is 289 g/mol. The summed E-state index contributed by atoms with van der Waals surface area (Å²) in [6.45, 7) is 0.148. The molecule has 5 heteroatoms. The summed E-state index contributed by atoms with van der Waals surface area (Å²) >= 11 is 6.01. The summed E-state index contributed by atoms with van der Waals surface area (Å²) in [5.41, 5.74) is 7.26. The van der Waals surface area contributed by atoms with Gasteiger partial charge in [0.2, 0.25) is 0 Å². The molecular formula is C15H16ClN3O. The van der Waals surface area contributed by atoms with E-state index in [1.807, 2.05) is 42.5 Å². The highest BCUT2D eigenvalue weighted by Gasteiger charge is 2.10. The molecular weight excluding hydrogens is 274 g/mol. The van der Waals surface area contributed by atoms with Crippen LogP contribution in [-0.4, -0.2) is 17.6 Å². The first-order valence-corrected chi connectivity index (χ1v) is 6.59. The molecule has 2 aromatic rings. The van der Waals surface area contributed by atoms with Crippen molar-refractivity contribution in [2.45, 2.75) is 6.10 Å². The fourth-order valence-corrected chi connectivity index (χ4v) is 2.00. The number of aliphatic hydroxyl groups is 1. The lowest BCUT2D eigenvalue weighted by molar-refractivity contribution is 0.187. The third-order valence-electron chi connectivity index (χ3n) is 2.74. The quantitative estimate of drug-likeness (QED) is 0.599. The van der Waals surface area contributed by atoms with E-state index in [9.17, 15) is 5.11 Å². The van der Waals surface area contributed by atoms with Gasteiger partial charge in [0, 0.05) is 16.3 Å². The van der Waals surface area contributed by atoms with Crippen LogP contribution in [0.1, 0.15) is 11.7 Å². The Kier molecular flexibility index (Phi) is 4.98. The molecule has 4 nitrogen and oxygen atoms in total. The molecule has 0 amide bonds. The first kappa shape index (κ1) is 14.4. The molecule has 2 rings (SSSR count). The van der Waals surface area contributed by atoms with E-state index >= 15 is 0 Å². The molecule has 0 fully saturated rings. The Bertz CT molecular complexity index is 587. The smallest absolute Gasteiger partial charge is 0.193 e. The van der Waals surface area contributed by atoms with Gasteiger partial charge in [-0.25, -0.2) is 0 Å². The van der Waals surface area contributed by atoms with E-state index in [2.05, 4.69) is 10.3 Å². The Morgan fingerprint density at radius 2 is 1.80 bits per heavy atom. The Balaban J connectivity index is 1.97. The van der Waals surface area contributed by atoms with Crippen molar-refractivity contribution in [1.29, 1.82) is 0 Å². The maximum absolute atomic E-state index is 10.0. The van der Waals surface area contributed by atoms with E-state index in [0.29, 0.717) is 10.6 Å². The van der Waals surface area contributed by atoms with Crippen molar-refractivity contribution in [2.24, 2.45) is 10.7 Å². The predicted molar refractivity (Wildman–Crippen MR) is 83.0 cm³/mol. The van der Waals surface area contributed by atoms with Crippen molar-refractivity contribution in [3.05, 3.63) is 65.2 Å². The van der Waals surface area contributed by atoms with Gasteiger partial charge in [0.1, 0.15) is 6.10 Å². The number of rotatable bonds is 4. The lowest BCUT2D eigenvalue weighted by Gasteiger charge is -2.11. The number of hydrogen-bond acceptors (Lipinski definition) is 2. The molecule has 1 unspecified atom stereocenters. The average molecular weight is 290 g/mol. The average Bonchev–Trinajstić information content (AvgIpc) is 2.46. The molecule has 0 aliphatic rings. The number of aliphatic hydroxyl groups excluding tert-OH is 1. The summed E-state index contributed by atoms with van der Waals surface area (Å²) in [5, 5.41) is 13.5. The molecule has 0 aliphatic carbocycles. The van der Waals surface area contributed by atoms with Crippen LogP contribution in [0.15, 0.2) is 59.6 Å². The Labute approximate surface area is 122 Å². The van der Waals surface area contributed by atoms with Crippen LogP contribution in [0.25, 0.3) is 0 Å². The number of guanidine groups is 1. The third kappa shape index (κ3) is 3.98. The van der Waals surface area contributed by atoms with Gasteiger partial charge in [0.15, 0.2) is 5.96 Å².